The summed E-state index contributed by atoms with van der Waals surface area (Å²) in [6, 6.07) is 0. The van der Waals surface area contributed by atoms with Gasteiger partial charge in [0.15, 0.2) is 0 Å². The van der Waals surface area contributed by atoms with Crippen LogP contribution in [-0.2, 0) is 0 Å². The van der Waals surface area contributed by atoms with Crippen LogP contribution in [0.15, 0.2) is 0 Å². The fourth-order valence-corrected chi connectivity index (χ4v) is 2.19. The van der Waals surface area contributed by atoms with Gasteiger partial charge in [-0.3, -0.25) is 0 Å². The summed E-state index contributed by atoms with van der Waals surface area (Å²) in [5, 5.41) is 3.16. The van der Waals surface area contributed by atoms with E-state index in [1.54, 1.807) is 0 Å². The molecule has 0 saturated carbocycles. The van der Waals surface area contributed by atoms with E-state index in [-0.39, 0.29) is 0 Å². The zero-order chi connectivity index (χ0) is 12.6. The molecule has 0 aliphatic heterocycles. The highest BCUT2D eigenvalue weighted by molar-refractivity contribution is 4.49. The number of hydrogen-bond donors (Lipinski definition) is 2. The summed E-state index contributed by atoms with van der Waals surface area (Å²) in [5.41, 5.74) is 5.36. The summed E-state index contributed by atoms with van der Waals surface area (Å²) in [5.74, 6) is 0. The third-order valence-electron chi connectivity index (χ3n) is 3.35. The Morgan fingerprint density at radius 2 is 1.06 bits per heavy atom. The van der Waals surface area contributed by atoms with Crippen molar-refractivity contribution in [2.24, 2.45) is 5.73 Å². The number of rotatable bonds is 14. The van der Waals surface area contributed by atoms with Crippen molar-refractivity contribution in [2.75, 3.05) is 13.2 Å². The van der Waals surface area contributed by atoms with Crippen LogP contribution < -0.4 is 11.1 Å². The smallest absolute Gasteiger partial charge is 0.0428 e. The van der Waals surface area contributed by atoms with Crippen LogP contribution in [0.3, 0.4) is 0 Å². The van der Waals surface area contributed by atoms with Gasteiger partial charge in [-0.1, -0.05) is 77.6 Å². The van der Waals surface area contributed by atoms with Gasteiger partial charge in [0, 0.05) is 6.67 Å². The molecule has 0 aromatic carbocycles. The van der Waals surface area contributed by atoms with Crippen molar-refractivity contribution in [1.29, 1.82) is 0 Å². The normalized spacial score (nSPS) is 10.9. The highest BCUT2D eigenvalue weighted by atomic mass is 14.9. The molecule has 0 aromatic rings. The molecule has 17 heavy (non-hydrogen) atoms. The van der Waals surface area contributed by atoms with Gasteiger partial charge >= 0.3 is 0 Å². The van der Waals surface area contributed by atoms with E-state index in [0.29, 0.717) is 6.67 Å². The van der Waals surface area contributed by atoms with Gasteiger partial charge in [0.1, 0.15) is 0 Å². The van der Waals surface area contributed by atoms with E-state index in [1.807, 2.05) is 0 Å². The SMILES string of the molecule is CCCCCCCCCCCCCCNCN. The van der Waals surface area contributed by atoms with Crippen molar-refractivity contribution in [2.45, 2.75) is 84.0 Å². The summed E-state index contributed by atoms with van der Waals surface area (Å²) < 4.78 is 0. The average Bonchev–Trinajstić information content (AvgIpc) is 2.35. The molecule has 0 amide bonds. The zero-order valence-electron chi connectivity index (χ0n) is 12.0. The van der Waals surface area contributed by atoms with Crippen molar-refractivity contribution in [3.63, 3.8) is 0 Å². The van der Waals surface area contributed by atoms with E-state index in [2.05, 4.69) is 12.2 Å². The van der Waals surface area contributed by atoms with Gasteiger partial charge in [-0.25, -0.2) is 0 Å². The highest BCUT2D eigenvalue weighted by Gasteiger charge is 1.93. The summed E-state index contributed by atoms with van der Waals surface area (Å²) >= 11 is 0. The fourth-order valence-electron chi connectivity index (χ4n) is 2.19. The third-order valence-corrected chi connectivity index (χ3v) is 3.35. The number of nitrogens with two attached hydrogens (primary N) is 1. The molecular weight excluding hydrogens is 208 g/mol. The molecule has 2 nitrogen and oxygen atoms in total. The average molecular weight is 242 g/mol. The Kier molecular flexibility index (Phi) is 15.8. The first-order valence-corrected chi connectivity index (χ1v) is 7.82. The second kappa shape index (κ2) is 15.9. The lowest BCUT2D eigenvalue weighted by Crippen LogP contribution is -2.23. The lowest BCUT2D eigenvalue weighted by molar-refractivity contribution is 0.537. The minimum atomic E-state index is 0.623. The molecule has 3 N–H and O–H groups in total. The maximum absolute atomic E-state index is 5.36. The standard InChI is InChI=1S/C15H34N2/c1-2-3-4-5-6-7-8-9-10-11-12-13-14-17-15-16/h17H,2-16H2,1H3. The molecule has 0 atom stereocenters. The predicted octanol–water partition coefficient (Wildman–Crippen LogP) is 4.19. The molecule has 0 spiro atoms. The number of nitrogens with one attached hydrogen (secondary N) is 1. The molecule has 0 aliphatic rings. The van der Waals surface area contributed by atoms with Crippen LogP contribution in [0.2, 0.25) is 0 Å². The Balaban J connectivity index is 2.85. The van der Waals surface area contributed by atoms with Gasteiger partial charge in [-0.2, -0.15) is 0 Å². The Morgan fingerprint density at radius 3 is 1.47 bits per heavy atom. The summed E-state index contributed by atoms with van der Waals surface area (Å²) in [4.78, 5) is 0. The van der Waals surface area contributed by atoms with Crippen LogP contribution in [0.1, 0.15) is 84.0 Å². The van der Waals surface area contributed by atoms with Gasteiger partial charge in [0.05, 0.1) is 0 Å². The second-order valence-electron chi connectivity index (χ2n) is 5.09. The van der Waals surface area contributed by atoms with Gasteiger partial charge in [-0.05, 0) is 13.0 Å². The molecular formula is C15H34N2. The molecule has 2 heteroatoms. The summed E-state index contributed by atoms with van der Waals surface area (Å²) in [6.45, 7) is 4.00. The largest absolute Gasteiger partial charge is 0.318 e. The van der Waals surface area contributed by atoms with Gasteiger partial charge in [0.25, 0.3) is 0 Å². The molecule has 0 saturated heterocycles. The van der Waals surface area contributed by atoms with Crippen molar-refractivity contribution in [3.8, 4) is 0 Å². The van der Waals surface area contributed by atoms with Crippen molar-refractivity contribution >= 4 is 0 Å². The van der Waals surface area contributed by atoms with Crippen LogP contribution in [0, 0.1) is 0 Å². The van der Waals surface area contributed by atoms with E-state index in [4.69, 9.17) is 5.73 Å². The van der Waals surface area contributed by atoms with E-state index >= 15 is 0 Å². The molecule has 0 fully saturated rings. The van der Waals surface area contributed by atoms with E-state index in [0.717, 1.165) is 6.54 Å². The first kappa shape index (κ1) is 16.9. The first-order valence-electron chi connectivity index (χ1n) is 7.82. The lowest BCUT2D eigenvalue weighted by atomic mass is 10.1. The van der Waals surface area contributed by atoms with Gasteiger partial charge < -0.3 is 11.1 Å². The van der Waals surface area contributed by atoms with Crippen molar-refractivity contribution < 1.29 is 0 Å². The van der Waals surface area contributed by atoms with E-state index in [9.17, 15) is 0 Å². The quantitative estimate of drug-likeness (QED) is 0.354. The first-order chi connectivity index (χ1) is 8.41. The zero-order valence-corrected chi connectivity index (χ0v) is 12.0. The minimum Gasteiger partial charge on any atom is -0.318 e. The second-order valence-corrected chi connectivity index (χ2v) is 5.09. The van der Waals surface area contributed by atoms with Crippen molar-refractivity contribution in [3.05, 3.63) is 0 Å². The molecule has 0 aromatic heterocycles. The molecule has 0 radical (unpaired) electrons. The van der Waals surface area contributed by atoms with Crippen LogP contribution >= 0.6 is 0 Å². The summed E-state index contributed by atoms with van der Waals surface area (Å²) in [6.07, 6.45) is 17.0. The van der Waals surface area contributed by atoms with Crippen molar-refractivity contribution in [1.82, 2.24) is 5.32 Å². The molecule has 0 rings (SSSR count). The minimum absolute atomic E-state index is 0.623. The van der Waals surface area contributed by atoms with Gasteiger partial charge in [-0.15, -0.1) is 0 Å². The lowest BCUT2D eigenvalue weighted by Gasteiger charge is -2.03. The topological polar surface area (TPSA) is 38.0 Å². The maximum Gasteiger partial charge on any atom is 0.0428 e. The number of unbranched alkanes of at least 4 members (excludes halogenated alkanes) is 11. The Bertz CT molecular complexity index is 112. The molecule has 104 valence electrons. The van der Waals surface area contributed by atoms with Crippen LogP contribution in [0.25, 0.3) is 0 Å². The van der Waals surface area contributed by atoms with Crippen LogP contribution in [0.5, 0.6) is 0 Å². The molecule has 0 heterocycles. The summed E-state index contributed by atoms with van der Waals surface area (Å²) in [7, 11) is 0. The number of hydrogen-bond acceptors (Lipinski definition) is 2. The Labute approximate surface area is 109 Å². The monoisotopic (exact) mass is 242 g/mol. The van der Waals surface area contributed by atoms with Gasteiger partial charge in [0.2, 0.25) is 0 Å². The fraction of sp³-hybridized carbons (Fsp3) is 1.00. The third kappa shape index (κ3) is 15.9. The molecule has 0 unspecified atom stereocenters. The Hall–Kier alpha value is -0.0800. The maximum atomic E-state index is 5.36. The Morgan fingerprint density at radius 1 is 0.647 bits per heavy atom. The molecule has 0 bridgehead atoms. The van der Waals surface area contributed by atoms with Crippen LogP contribution in [-0.4, -0.2) is 13.2 Å². The van der Waals surface area contributed by atoms with E-state index in [1.165, 1.54) is 77.0 Å². The predicted molar refractivity (Wildman–Crippen MR) is 78.1 cm³/mol. The molecule has 0 aliphatic carbocycles. The van der Waals surface area contributed by atoms with Crippen LogP contribution in [0.4, 0.5) is 0 Å². The van der Waals surface area contributed by atoms with E-state index < -0.39 is 0 Å². The highest BCUT2D eigenvalue weighted by Crippen LogP contribution is 2.11.